The summed E-state index contributed by atoms with van der Waals surface area (Å²) in [6.45, 7) is 3.47. The van der Waals surface area contributed by atoms with Gasteiger partial charge in [0.1, 0.15) is 11.9 Å². The molecular weight excluding hydrogens is 280 g/mol. The van der Waals surface area contributed by atoms with Gasteiger partial charge in [-0.2, -0.15) is 0 Å². The van der Waals surface area contributed by atoms with Gasteiger partial charge in [0.05, 0.1) is 13.2 Å². The summed E-state index contributed by atoms with van der Waals surface area (Å²) in [4.78, 5) is 0. The van der Waals surface area contributed by atoms with E-state index in [1.165, 1.54) is 0 Å². The zero-order valence-electron chi connectivity index (χ0n) is 11.7. The molecule has 0 aliphatic carbocycles. The standard InChI is InChI=1S/C14H20O5S/c1-3-20(16,17)10-14(18-9-12(8-15)19-14)13-7-5-4-6-11(13)2/h4-7,12,15H,3,8-10H2,1-2H3/t12-,14-/m1/s1. The molecule has 5 nitrogen and oxygen atoms in total. The topological polar surface area (TPSA) is 72.8 Å². The van der Waals surface area contributed by atoms with Crippen LogP contribution in [-0.4, -0.2) is 44.3 Å². The van der Waals surface area contributed by atoms with E-state index in [2.05, 4.69) is 0 Å². The van der Waals surface area contributed by atoms with E-state index in [1.807, 2.05) is 25.1 Å². The van der Waals surface area contributed by atoms with Crippen LogP contribution in [0.4, 0.5) is 0 Å². The number of aryl methyl sites for hydroxylation is 1. The normalized spacial score (nSPS) is 26.9. The molecule has 1 fully saturated rings. The lowest BCUT2D eigenvalue weighted by atomic mass is 10.0. The van der Waals surface area contributed by atoms with Gasteiger partial charge in [0.2, 0.25) is 5.79 Å². The van der Waals surface area contributed by atoms with E-state index in [-0.39, 0.29) is 24.7 Å². The Morgan fingerprint density at radius 2 is 2.10 bits per heavy atom. The Hall–Kier alpha value is -0.950. The molecule has 0 radical (unpaired) electrons. The highest BCUT2D eigenvalue weighted by molar-refractivity contribution is 7.91. The number of aliphatic hydroxyl groups is 1. The van der Waals surface area contributed by atoms with Gasteiger partial charge in [-0.1, -0.05) is 31.2 Å². The number of rotatable bonds is 5. The van der Waals surface area contributed by atoms with Crippen LogP contribution >= 0.6 is 0 Å². The molecule has 0 bridgehead atoms. The van der Waals surface area contributed by atoms with Crippen molar-refractivity contribution in [1.29, 1.82) is 0 Å². The summed E-state index contributed by atoms with van der Waals surface area (Å²) in [5, 5.41) is 9.22. The molecule has 0 amide bonds. The van der Waals surface area contributed by atoms with Crippen molar-refractivity contribution in [1.82, 2.24) is 0 Å². The SMILES string of the molecule is CCS(=O)(=O)C[C@@]1(c2ccccc2C)OC[C@@H](CO)O1. The Labute approximate surface area is 119 Å². The molecule has 1 saturated heterocycles. The third-order valence-electron chi connectivity index (χ3n) is 3.47. The van der Waals surface area contributed by atoms with Crippen molar-refractivity contribution in [2.24, 2.45) is 0 Å². The monoisotopic (exact) mass is 300 g/mol. The van der Waals surface area contributed by atoms with Crippen molar-refractivity contribution >= 4 is 9.84 Å². The van der Waals surface area contributed by atoms with Crippen molar-refractivity contribution in [2.75, 3.05) is 24.7 Å². The minimum atomic E-state index is -3.29. The highest BCUT2D eigenvalue weighted by atomic mass is 32.2. The number of benzene rings is 1. The van der Waals surface area contributed by atoms with Gasteiger partial charge in [0.15, 0.2) is 9.84 Å². The number of aliphatic hydroxyl groups excluding tert-OH is 1. The lowest BCUT2D eigenvalue weighted by molar-refractivity contribution is -0.162. The van der Waals surface area contributed by atoms with Gasteiger partial charge in [-0.15, -0.1) is 0 Å². The highest BCUT2D eigenvalue weighted by Gasteiger charge is 2.46. The van der Waals surface area contributed by atoms with E-state index in [9.17, 15) is 13.5 Å². The number of hydrogen-bond acceptors (Lipinski definition) is 5. The molecule has 112 valence electrons. The van der Waals surface area contributed by atoms with Crippen LogP contribution in [0.2, 0.25) is 0 Å². The molecule has 1 heterocycles. The third kappa shape index (κ3) is 3.03. The average Bonchev–Trinajstić information content (AvgIpc) is 2.83. The van der Waals surface area contributed by atoms with Crippen LogP contribution in [0.3, 0.4) is 0 Å². The van der Waals surface area contributed by atoms with Crippen LogP contribution in [0.15, 0.2) is 24.3 Å². The van der Waals surface area contributed by atoms with E-state index < -0.39 is 21.7 Å². The maximum Gasteiger partial charge on any atom is 0.209 e. The third-order valence-corrected chi connectivity index (χ3v) is 5.17. The largest absolute Gasteiger partial charge is 0.394 e. The van der Waals surface area contributed by atoms with Crippen molar-refractivity contribution in [3.8, 4) is 0 Å². The molecule has 1 aromatic carbocycles. The predicted octanol–water partition coefficient (Wildman–Crippen LogP) is 0.990. The molecule has 0 saturated carbocycles. The summed E-state index contributed by atoms with van der Waals surface area (Å²) >= 11 is 0. The van der Waals surface area contributed by atoms with Crippen LogP contribution in [-0.2, 0) is 25.1 Å². The molecule has 0 spiro atoms. The quantitative estimate of drug-likeness (QED) is 0.878. The van der Waals surface area contributed by atoms with E-state index >= 15 is 0 Å². The smallest absolute Gasteiger partial charge is 0.209 e. The molecule has 0 aromatic heterocycles. The minimum Gasteiger partial charge on any atom is -0.394 e. The Morgan fingerprint density at radius 3 is 2.65 bits per heavy atom. The first kappa shape index (κ1) is 15.4. The van der Waals surface area contributed by atoms with Crippen molar-refractivity contribution < 1.29 is 23.0 Å². The van der Waals surface area contributed by atoms with Crippen LogP contribution in [0.5, 0.6) is 0 Å². The second-order valence-electron chi connectivity index (χ2n) is 4.98. The van der Waals surface area contributed by atoms with Gasteiger partial charge >= 0.3 is 0 Å². The fourth-order valence-electron chi connectivity index (χ4n) is 2.34. The first-order valence-electron chi connectivity index (χ1n) is 6.61. The molecule has 20 heavy (non-hydrogen) atoms. The number of hydrogen-bond donors (Lipinski definition) is 1. The summed E-state index contributed by atoms with van der Waals surface area (Å²) < 4.78 is 35.5. The summed E-state index contributed by atoms with van der Waals surface area (Å²) in [6, 6.07) is 7.38. The number of ether oxygens (including phenoxy) is 2. The van der Waals surface area contributed by atoms with Crippen LogP contribution in [0, 0.1) is 6.92 Å². The first-order chi connectivity index (χ1) is 9.42. The highest BCUT2D eigenvalue weighted by Crippen LogP contribution is 2.37. The molecule has 0 unspecified atom stereocenters. The van der Waals surface area contributed by atoms with Crippen molar-refractivity contribution in [3.63, 3.8) is 0 Å². The lowest BCUT2D eigenvalue weighted by Gasteiger charge is -2.29. The van der Waals surface area contributed by atoms with E-state index in [1.54, 1.807) is 13.0 Å². The van der Waals surface area contributed by atoms with E-state index in [0.29, 0.717) is 5.56 Å². The van der Waals surface area contributed by atoms with Crippen molar-refractivity contribution in [3.05, 3.63) is 35.4 Å². The zero-order valence-corrected chi connectivity index (χ0v) is 12.5. The van der Waals surface area contributed by atoms with Gasteiger partial charge in [-0.25, -0.2) is 8.42 Å². The molecule has 2 atom stereocenters. The molecule has 1 aliphatic rings. The summed E-state index contributed by atoms with van der Waals surface area (Å²) in [5.41, 5.74) is 1.60. The fourth-order valence-corrected chi connectivity index (χ4v) is 3.43. The molecule has 2 rings (SSSR count). The molecular formula is C14H20O5S. The van der Waals surface area contributed by atoms with Crippen LogP contribution < -0.4 is 0 Å². The first-order valence-corrected chi connectivity index (χ1v) is 8.44. The van der Waals surface area contributed by atoms with Gasteiger partial charge < -0.3 is 14.6 Å². The maximum atomic E-state index is 12.0. The Kier molecular flexibility index (Phi) is 4.49. The Morgan fingerprint density at radius 1 is 1.40 bits per heavy atom. The summed E-state index contributed by atoms with van der Waals surface area (Å²) in [6.07, 6.45) is -0.498. The van der Waals surface area contributed by atoms with E-state index in [4.69, 9.17) is 9.47 Å². The van der Waals surface area contributed by atoms with Crippen molar-refractivity contribution in [2.45, 2.75) is 25.7 Å². The molecule has 1 N–H and O–H groups in total. The second-order valence-corrected chi connectivity index (χ2v) is 7.33. The zero-order chi connectivity index (χ0) is 14.8. The summed E-state index contributed by atoms with van der Waals surface area (Å²) in [5.74, 6) is -1.53. The maximum absolute atomic E-state index is 12.0. The molecule has 1 aromatic rings. The fraction of sp³-hybridized carbons (Fsp3) is 0.571. The van der Waals surface area contributed by atoms with E-state index in [0.717, 1.165) is 5.56 Å². The van der Waals surface area contributed by atoms with Gasteiger partial charge in [0.25, 0.3) is 0 Å². The molecule has 6 heteroatoms. The predicted molar refractivity (Wildman–Crippen MR) is 75.1 cm³/mol. The Balaban J connectivity index is 2.43. The lowest BCUT2D eigenvalue weighted by Crippen LogP contribution is -2.38. The Bertz CT molecular complexity index is 569. The van der Waals surface area contributed by atoms with Crippen LogP contribution in [0.1, 0.15) is 18.1 Å². The van der Waals surface area contributed by atoms with Gasteiger partial charge in [-0.3, -0.25) is 0 Å². The molecule has 1 aliphatic heterocycles. The van der Waals surface area contributed by atoms with Gasteiger partial charge in [-0.05, 0) is 12.5 Å². The minimum absolute atomic E-state index is 0.0249. The average molecular weight is 300 g/mol. The van der Waals surface area contributed by atoms with Crippen LogP contribution in [0.25, 0.3) is 0 Å². The van der Waals surface area contributed by atoms with Gasteiger partial charge in [0, 0.05) is 11.3 Å². The second kappa shape index (κ2) is 5.81. The number of sulfone groups is 1. The summed E-state index contributed by atoms with van der Waals surface area (Å²) in [7, 11) is -3.29.